The molecular weight excluding hydrogens is 446 g/mol. The summed E-state index contributed by atoms with van der Waals surface area (Å²) in [5, 5.41) is 7.18. The van der Waals surface area contributed by atoms with Crippen molar-refractivity contribution in [1.29, 1.82) is 0 Å². The van der Waals surface area contributed by atoms with E-state index in [1.54, 1.807) is 12.4 Å². The standard InChI is InChI=1S/C26H27N5O4/c1-15(2)23(26-29-24(30-35-26)18-7-9-27-10-8-18)28-25(32)20-13-16(3)31(17(20)4)19-5-6-21-22(14-19)34-12-11-33-21/h5-10,13-15,23H,11-12H2,1-4H3,(H,28,32). The Bertz CT molecular complexity index is 1360. The minimum atomic E-state index is -0.442. The largest absolute Gasteiger partial charge is 0.486 e. The summed E-state index contributed by atoms with van der Waals surface area (Å²) in [6, 6.07) is 10.9. The van der Waals surface area contributed by atoms with E-state index in [9.17, 15) is 4.79 Å². The minimum Gasteiger partial charge on any atom is -0.486 e. The van der Waals surface area contributed by atoms with Crippen molar-refractivity contribution in [2.75, 3.05) is 13.2 Å². The average Bonchev–Trinajstić information content (AvgIpc) is 3.47. The van der Waals surface area contributed by atoms with Gasteiger partial charge in [0.25, 0.3) is 5.91 Å². The molecule has 0 fully saturated rings. The molecule has 0 saturated heterocycles. The fourth-order valence-corrected chi connectivity index (χ4v) is 4.27. The normalized spacial score (nSPS) is 13.6. The van der Waals surface area contributed by atoms with Gasteiger partial charge in [-0.1, -0.05) is 19.0 Å². The summed E-state index contributed by atoms with van der Waals surface area (Å²) < 4.78 is 18.9. The fourth-order valence-electron chi connectivity index (χ4n) is 4.27. The first kappa shape index (κ1) is 22.6. The van der Waals surface area contributed by atoms with Crippen LogP contribution in [0.3, 0.4) is 0 Å². The van der Waals surface area contributed by atoms with E-state index < -0.39 is 6.04 Å². The number of amides is 1. The van der Waals surface area contributed by atoms with E-state index in [4.69, 9.17) is 14.0 Å². The Balaban J connectivity index is 1.41. The monoisotopic (exact) mass is 473 g/mol. The molecule has 1 N–H and O–H groups in total. The number of benzene rings is 1. The molecule has 3 aromatic heterocycles. The molecule has 1 atom stereocenters. The molecule has 4 heterocycles. The van der Waals surface area contributed by atoms with Gasteiger partial charge in [-0.15, -0.1) is 0 Å². The Morgan fingerprint density at radius 3 is 2.51 bits per heavy atom. The van der Waals surface area contributed by atoms with Crippen LogP contribution in [0.2, 0.25) is 0 Å². The molecule has 9 nitrogen and oxygen atoms in total. The fraction of sp³-hybridized carbons (Fsp3) is 0.308. The minimum absolute atomic E-state index is 0.0333. The zero-order valence-electron chi connectivity index (χ0n) is 20.1. The third-order valence-electron chi connectivity index (χ3n) is 6.06. The first-order valence-corrected chi connectivity index (χ1v) is 11.6. The van der Waals surface area contributed by atoms with Crippen LogP contribution in [-0.4, -0.2) is 38.8 Å². The van der Waals surface area contributed by atoms with Crippen molar-refractivity contribution in [1.82, 2.24) is 25.0 Å². The Morgan fingerprint density at radius 2 is 1.77 bits per heavy atom. The smallest absolute Gasteiger partial charge is 0.253 e. The highest BCUT2D eigenvalue weighted by Gasteiger charge is 2.27. The Labute approximate surface area is 203 Å². The van der Waals surface area contributed by atoms with Crippen LogP contribution in [0.25, 0.3) is 17.1 Å². The van der Waals surface area contributed by atoms with Crippen LogP contribution in [0.4, 0.5) is 0 Å². The van der Waals surface area contributed by atoms with E-state index in [-0.39, 0.29) is 11.8 Å². The number of aryl methyl sites for hydroxylation is 1. The van der Waals surface area contributed by atoms with Crippen molar-refractivity contribution in [3.05, 3.63) is 71.6 Å². The second-order valence-electron chi connectivity index (χ2n) is 8.84. The molecule has 35 heavy (non-hydrogen) atoms. The lowest BCUT2D eigenvalue weighted by atomic mass is 10.0. The van der Waals surface area contributed by atoms with E-state index in [2.05, 4.69) is 20.4 Å². The lowest BCUT2D eigenvalue weighted by molar-refractivity contribution is 0.0913. The highest BCUT2D eigenvalue weighted by molar-refractivity contribution is 5.96. The van der Waals surface area contributed by atoms with Crippen molar-refractivity contribution in [2.45, 2.75) is 33.7 Å². The van der Waals surface area contributed by atoms with Crippen molar-refractivity contribution in [3.63, 3.8) is 0 Å². The molecule has 5 rings (SSSR count). The Hall–Kier alpha value is -4.14. The van der Waals surface area contributed by atoms with Gasteiger partial charge in [0.1, 0.15) is 19.3 Å². The molecule has 180 valence electrons. The van der Waals surface area contributed by atoms with Gasteiger partial charge in [-0.2, -0.15) is 4.98 Å². The summed E-state index contributed by atoms with van der Waals surface area (Å²) in [6.07, 6.45) is 3.34. The Morgan fingerprint density at radius 1 is 1.03 bits per heavy atom. The summed E-state index contributed by atoms with van der Waals surface area (Å²) in [4.78, 5) is 21.9. The third-order valence-corrected chi connectivity index (χ3v) is 6.06. The molecule has 1 aliphatic heterocycles. The maximum atomic E-state index is 13.4. The van der Waals surface area contributed by atoms with E-state index in [0.717, 1.165) is 28.4 Å². The third kappa shape index (κ3) is 4.37. The molecule has 1 amide bonds. The summed E-state index contributed by atoms with van der Waals surface area (Å²) in [7, 11) is 0. The lowest BCUT2D eigenvalue weighted by Gasteiger charge is -2.20. The molecule has 9 heteroatoms. The predicted octanol–water partition coefficient (Wildman–Crippen LogP) is 4.44. The van der Waals surface area contributed by atoms with E-state index in [1.807, 2.05) is 68.7 Å². The summed E-state index contributed by atoms with van der Waals surface area (Å²) in [6.45, 7) is 8.96. The maximum absolute atomic E-state index is 13.4. The van der Waals surface area contributed by atoms with Crippen molar-refractivity contribution in [3.8, 4) is 28.6 Å². The molecule has 4 aromatic rings. The Kier molecular flexibility index (Phi) is 5.98. The van der Waals surface area contributed by atoms with Crippen molar-refractivity contribution in [2.24, 2.45) is 5.92 Å². The number of hydrogen-bond donors (Lipinski definition) is 1. The van der Waals surface area contributed by atoms with Gasteiger partial charge in [-0.25, -0.2) is 0 Å². The van der Waals surface area contributed by atoms with Gasteiger partial charge in [0.2, 0.25) is 11.7 Å². The first-order valence-electron chi connectivity index (χ1n) is 11.6. The van der Waals surface area contributed by atoms with Crippen LogP contribution < -0.4 is 14.8 Å². The average molecular weight is 474 g/mol. The number of fused-ring (bicyclic) bond motifs is 1. The number of carbonyl (C=O) groups excluding carboxylic acids is 1. The van der Waals surface area contributed by atoms with Gasteiger partial charge in [0, 0.05) is 41.1 Å². The molecular formula is C26H27N5O4. The topological polar surface area (TPSA) is 104 Å². The van der Waals surface area contributed by atoms with Crippen LogP contribution in [0.5, 0.6) is 11.5 Å². The van der Waals surface area contributed by atoms with Gasteiger partial charge in [0.05, 0.1) is 5.56 Å². The molecule has 1 unspecified atom stereocenters. The number of rotatable bonds is 6. The van der Waals surface area contributed by atoms with Gasteiger partial charge >= 0.3 is 0 Å². The number of nitrogens with one attached hydrogen (secondary N) is 1. The van der Waals surface area contributed by atoms with Crippen LogP contribution >= 0.6 is 0 Å². The van der Waals surface area contributed by atoms with Gasteiger partial charge in [-0.3, -0.25) is 9.78 Å². The zero-order chi connectivity index (χ0) is 24.5. The molecule has 0 aliphatic carbocycles. The number of aromatic nitrogens is 4. The van der Waals surface area contributed by atoms with E-state index in [0.29, 0.717) is 36.2 Å². The number of pyridine rings is 1. The quantitative estimate of drug-likeness (QED) is 0.441. The van der Waals surface area contributed by atoms with Crippen LogP contribution in [0.15, 0.2) is 53.3 Å². The molecule has 0 radical (unpaired) electrons. The van der Waals surface area contributed by atoms with Crippen molar-refractivity contribution >= 4 is 5.91 Å². The van der Waals surface area contributed by atoms with E-state index >= 15 is 0 Å². The molecule has 0 bridgehead atoms. The summed E-state index contributed by atoms with van der Waals surface area (Å²) >= 11 is 0. The van der Waals surface area contributed by atoms with Gasteiger partial charge < -0.3 is 23.9 Å². The molecule has 1 aromatic carbocycles. The van der Waals surface area contributed by atoms with Crippen LogP contribution in [0.1, 0.15) is 47.5 Å². The number of carbonyl (C=O) groups is 1. The summed E-state index contributed by atoms with van der Waals surface area (Å²) in [5.74, 6) is 2.08. The number of ether oxygens (including phenoxy) is 2. The predicted molar refractivity (Wildman–Crippen MR) is 129 cm³/mol. The number of hydrogen-bond acceptors (Lipinski definition) is 7. The summed E-state index contributed by atoms with van der Waals surface area (Å²) in [5.41, 5.74) is 4.04. The zero-order valence-corrected chi connectivity index (χ0v) is 20.1. The highest BCUT2D eigenvalue weighted by Crippen LogP contribution is 2.33. The SMILES string of the molecule is Cc1cc(C(=O)NC(c2nc(-c3ccncc3)no2)C(C)C)c(C)n1-c1ccc2c(c1)OCCO2. The van der Waals surface area contributed by atoms with Crippen LogP contribution in [-0.2, 0) is 0 Å². The van der Waals surface area contributed by atoms with Gasteiger partial charge in [0.15, 0.2) is 11.5 Å². The van der Waals surface area contributed by atoms with Crippen LogP contribution in [0, 0.1) is 19.8 Å². The molecule has 1 aliphatic rings. The maximum Gasteiger partial charge on any atom is 0.253 e. The highest BCUT2D eigenvalue weighted by atomic mass is 16.6. The van der Waals surface area contributed by atoms with Gasteiger partial charge in [-0.05, 0) is 50.1 Å². The molecule has 0 saturated carbocycles. The molecule has 0 spiro atoms. The van der Waals surface area contributed by atoms with E-state index in [1.165, 1.54) is 0 Å². The second-order valence-corrected chi connectivity index (χ2v) is 8.84. The lowest BCUT2D eigenvalue weighted by Crippen LogP contribution is -2.32. The number of nitrogens with zero attached hydrogens (tertiary/aromatic N) is 4. The van der Waals surface area contributed by atoms with Crippen molar-refractivity contribution < 1.29 is 18.8 Å². The first-order chi connectivity index (χ1) is 16.9. The second kappa shape index (κ2) is 9.25.